The van der Waals surface area contributed by atoms with Crippen molar-refractivity contribution in [1.29, 1.82) is 5.41 Å². The summed E-state index contributed by atoms with van der Waals surface area (Å²) in [6.45, 7) is 1.13. The van der Waals surface area contributed by atoms with E-state index in [1.807, 2.05) is 6.26 Å². The quantitative estimate of drug-likeness (QED) is 0.583. The Balaban J connectivity index is 1.85. The van der Waals surface area contributed by atoms with Crippen LogP contribution in [0, 0.1) is 23.2 Å². The third-order valence-corrected chi connectivity index (χ3v) is 6.02. The molecule has 4 unspecified atom stereocenters. The molecular weight excluding hydrogens is 266 g/mol. The lowest BCUT2D eigenvalue weighted by Crippen LogP contribution is -2.33. The minimum absolute atomic E-state index is 0.685. The first kappa shape index (κ1) is 12.6. The van der Waals surface area contributed by atoms with E-state index in [4.69, 9.17) is 5.41 Å². The van der Waals surface area contributed by atoms with Crippen LogP contribution in [0.4, 0.5) is 11.4 Å². The zero-order valence-electron chi connectivity index (χ0n) is 11.8. The van der Waals surface area contributed by atoms with E-state index in [1.54, 1.807) is 18.2 Å². The molecule has 20 heavy (non-hydrogen) atoms. The van der Waals surface area contributed by atoms with E-state index in [1.165, 1.54) is 30.5 Å². The van der Waals surface area contributed by atoms with Gasteiger partial charge in [0.1, 0.15) is 0 Å². The monoisotopic (exact) mass is 287 g/mol. The summed E-state index contributed by atoms with van der Waals surface area (Å²) in [4.78, 5) is 0. The highest BCUT2D eigenvalue weighted by Gasteiger charge is 2.50. The molecule has 4 atom stereocenters. The molecule has 2 saturated carbocycles. The number of anilines is 2. The average molecular weight is 287 g/mol. The van der Waals surface area contributed by atoms with Crippen molar-refractivity contribution in [1.82, 2.24) is 0 Å². The first-order valence-corrected chi connectivity index (χ1v) is 8.76. The lowest BCUT2D eigenvalue weighted by atomic mass is 9.71. The van der Waals surface area contributed by atoms with Gasteiger partial charge in [0.25, 0.3) is 0 Å². The summed E-state index contributed by atoms with van der Waals surface area (Å²) >= 11 is 1.60. The van der Waals surface area contributed by atoms with Crippen LogP contribution < -0.4 is 10.0 Å². The normalized spacial score (nSPS) is 33.2. The average Bonchev–Trinajstić information content (AvgIpc) is 3.08. The van der Waals surface area contributed by atoms with Crippen molar-refractivity contribution in [3.63, 3.8) is 0 Å². The molecule has 2 aliphatic carbocycles. The molecule has 0 radical (unpaired) electrons. The molecule has 1 aromatic rings. The Bertz CT molecular complexity index is 557. The molecule has 3 N–H and O–H groups in total. The largest absolute Gasteiger partial charge is 0.384 e. The van der Waals surface area contributed by atoms with Crippen molar-refractivity contribution in [2.45, 2.75) is 25.2 Å². The third kappa shape index (κ3) is 1.63. The van der Waals surface area contributed by atoms with Crippen LogP contribution in [0.2, 0.25) is 0 Å². The molecule has 1 aliphatic heterocycles. The molecular formula is C16H21N3S. The van der Waals surface area contributed by atoms with E-state index in [0.29, 0.717) is 5.92 Å². The Labute approximate surface area is 124 Å². The molecule has 106 valence electrons. The van der Waals surface area contributed by atoms with Gasteiger partial charge in [-0.15, -0.1) is 0 Å². The van der Waals surface area contributed by atoms with E-state index in [9.17, 15) is 0 Å². The van der Waals surface area contributed by atoms with E-state index in [-0.39, 0.29) is 0 Å². The summed E-state index contributed by atoms with van der Waals surface area (Å²) in [5.74, 6) is 3.25. The van der Waals surface area contributed by atoms with Crippen LogP contribution in [0.15, 0.2) is 12.1 Å². The number of nitrogens with one attached hydrogen (secondary N) is 3. The van der Waals surface area contributed by atoms with Gasteiger partial charge in [-0.2, -0.15) is 0 Å². The Hall–Kier alpha value is -1.16. The topological polar surface area (TPSA) is 47.9 Å². The molecule has 3 nitrogen and oxygen atoms in total. The van der Waals surface area contributed by atoms with Crippen LogP contribution in [0.3, 0.4) is 0 Å². The summed E-state index contributed by atoms with van der Waals surface area (Å²) in [5, 5.41) is 11.5. The fourth-order valence-electron chi connectivity index (χ4n) is 4.89. The number of hydrogen-bond donors (Lipinski definition) is 3. The van der Waals surface area contributed by atoms with Gasteiger partial charge in [0, 0.05) is 30.3 Å². The van der Waals surface area contributed by atoms with Gasteiger partial charge in [-0.05, 0) is 60.6 Å². The molecule has 2 bridgehead atoms. The fourth-order valence-corrected chi connectivity index (χ4v) is 5.28. The summed E-state index contributed by atoms with van der Waals surface area (Å²) in [6, 6.07) is 4.30. The fraction of sp³-hybridized carbons (Fsp3) is 0.562. The van der Waals surface area contributed by atoms with Gasteiger partial charge in [0.05, 0.1) is 5.69 Å². The standard InChI is InChI=1S/C16H21N3S/c1-20-19-13-4-5-14-16(11(13)7-17)15-10-3-2-9(6-10)12(15)8-18-14/h4-5,7,9-10,12,15,17-19H,2-3,6,8H2,1H3. The van der Waals surface area contributed by atoms with E-state index < -0.39 is 0 Å². The maximum Gasteiger partial charge on any atom is 0.0532 e. The van der Waals surface area contributed by atoms with Crippen molar-refractivity contribution in [2.24, 2.45) is 17.8 Å². The van der Waals surface area contributed by atoms with Crippen molar-refractivity contribution < 1.29 is 0 Å². The van der Waals surface area contributed by atoms with E-state index >= 15 is 0 Å². The van der Waals surface area contributed by atoms with Crippen molar-refractivity contribution in [2.75, 3.05) is 22.8 Å². The Morgan fingerprint density at radius 3 is 3.00 bits per heavy atom. The highest BCUT2D eigenvalue weighted by molar-refractivity contribution is 7.99. The van der Waals surface area contributed by atoms with Gasteiger partial charge in [-0.25, -0.2) is 0 Å². The summed E-state index contributed by atoms with van der Waals surface area (Å²) in [7, 11) is 0. The maximum absolute atomic E-state index is 7.89. The van der Waals surface area contributed by atoms with Crippen LogP contribution in [0.25, 0.3) is 0 Å². The second-order valence-corrected chi connectivity index (χ2v) is 6.95. The van der Waals surface area contributed by atoms with Gasteiger partial charge in [-0.3, -0.25) is 0 Å². The van der Waals surface area contributed by atoms with Gasteiger partial charge in [-0.1, -0.05) is 11.9 Å². The second kappa shape index (κ2) is 4.69. The van der Waals surface area contributed by atoms with Crippen molar-refractivity contribution in [3.8, 4) is 0 Å². The van der Waals surface area contributed by atoms with Crippen LogP contribution in [0.1, 0.15) is 36.3 Å². The van der Waals surface area contributed by atoms with Crippen molar-refractivity contribution in [3.05, 3.63) is 23.3 Å². The predicted molar refractivity (Wildman–Crippen MR) is 87.0 cm³/mol. The lowest BCUT2D eigenvalue weighted by Gasteiger charge is -2.38. The molecule has 0 amide bonds. The predicted octanol–water partition coefficient (Wildman–Crippen LogP) is 3.93. The molecule has 4 heteroatoms. The minimum atomic E-state index is 0.685. The van der Waals surface area contributed by atoms with Crippen LogP contribution in [0.5, 0.6) is 0 Å². The first-order valence-electron chi connectivity index (χ1n) is 7.53. The number of rotatable bonds is 3. The van der Waals surface area contributed by atoms with Gasteiger partial charge < -0.3 is 15.4 Å². The Morgan fingerprint density at radius 1 is 1.35 bits per heavy atom. The number of hydrogen-bond acceptors (Lipinski definition) is 4. The van der Waals surface area contributed by atoms with Gasteiger partial charge in [0.2, 0.25) is 0 Å². The highest BCUT2D eigenvalue weighted by atomic mass is 32.2. The molecule has 3 aliphatic rings. The SMILES string of the molecule is CSNc1ccc2c(c1C=N)C1C3CCC(C3)C1CN2. The van der Waals surface area contributed by atoms with E-state index in [0.717, 1.165) is 35.5 Å². The Morgan fingerprint density at radius 2 is 2.20 bits per heavy atom. The number of fused-ring (bicyclic) bond motifs is 7. The zero-order chi connectivity index (χ0) is 13.7. The highest BCUT2D eigenvalue weighted by Crippen LogP contribution is 2.60. The van der Waals surface area contributed by atoms with Gasteiger partial charge >= 0.3 is 0 Å². The molecule has 0 spiro atoms. The smallest absolute Gasteiger partial charge is 0.0532 e. The van der Waals surface area contributed by atoms with E-state index in [2.05, 4.69) is 22.2 Å². The minimum Gasteiger partial charge on any atom is -0.384 e. The second-order valence-electron chi connectivity index (χ2n) is 6.34. The molecule has 1 heterocycles. The van der Waals surface area contributed by atoms with Crippen LogP contribution >= 0.6 is 11.9 Å². The molecule has 0 aromatic heterocycles. The van der Waals surface area contributed by atoms with Crippen LogP contribution in [-0.2, 0) is 0 Å². The Kier molecular flexibility index (Phi) is 2.95. The van der Waals surface area contributed by atoms with Crippen LogP contribution in [-0.4, -0.2) is 19.0 Å². The summed E-state index contributed by atoms with van der Waals surface area (Å²) < 4.78 is 3.34. The number of benzene rings is 1. The maximum atomic E-state index is 7.89. The molecule has 2 fully saturated rings. The summed E-state index contributed by atoms with van der Waals surface area (Å²) in [6.07, 6.45) is 7.81. The first-order chi connectivity index (χ1) is 9.83. The van der Waals surface area contributed by atoms with Crippen molar-refractivity contribution >= 4 is 29.5 Å². The zero-order valence-corrected chi connectivity index (χ0v) is 12.6. The molecule has 1 aromatic carbocycles. The molecule has 0 saturated heterocycles. The third-order valence-electron chi connectivity index (χ3n) is 5.59. The van der Waals surface area contributed by atoms with Gasteiger partial charge in [0.15, 0.2) is 0 Å². The molecule has 4 rings (SSSR count). The summed E-state index contributed by atoms with van der Waals surface area (Å²) in [5.41, 5.74) is 4.88. The lowest BCUT2D eigenvalue weighted by molar-refractivity contribution is 0.294.